The fourth-order valence-electron chi connectivity index (χ4n) is 1.46. The van der Waals surface area contributed by atoms with Gasteiger partial charge >= 0.3 is 0 Å². The fourth-order valence-corrected chi connectivity index (χ4v) is 1.67. The summed E-state index contributed by atoms with van der Waals surface area (Å²) >= 11 is 5.78. The summed E-state index contributed by atoms with van der Waals surface area (Å²) in [5.41, 5.74) is 3.45. The molecule has 0 aliphatic heterocycles. The van der Waals surface area contributed by atoms with E-state index in [-0.39, 0.29) is 0 Å². The molecule has 0 bridgehead atoms. The molecule has 0 saturated heterocycles. The summed E-state index contributed by atoms with van der Waals surface area (Å²) < 4.78 is 1.83. The van der Waals surface area contributed by atoms with Crippen molar-refractivity contribution in [1.29, 1.82) is 0 Å². The van der Waals surface area contributed by atoms with Gasteiger partial charge in [0.1, 0.15) is 0 Å². The zero-order valence-corrected chi connectivity index (χ0v) is 9.28. The zero-order chi connectivity index (χ0) is 10.7. The summed E-state index contributed by atoms with van der Waals surface area (Å²) in [5.74, 6) is 0.443. The molecule has 2 rings (SSSR count). The lowest BCUT2D eigenvalue weighted by molar-refractivity contribution is 0.628. The van der Waals surface area contributed by atoms with Crippen LogP contribution >= 0.6 is 11.6 Å². The average molecular weight is 222 g/mol. The predicted molar refractivity (Wildman–Crippen MR) is 59.9 cm³/mol. The molecule has 1 aromatic carbocycles. The van der Waals surface area contributed by atoms with E-state index in [0.717, 1.165) is 12.2 Å². The number of nitrogens with zero attached hydrogens (tertiary/aromatic N) is 3. The van der Waals surface area contributed by atoms with Gasteiger partial charge in [-0.2, -0.15) is 0 Å². The van der Waals surface area contributed by atoms with Gasteiger partial charge < -0.3 is 0 Å². The Morgan fingerprint density at radius 3 is 2.87 bits per heavy atom. The Morgan fingerprint density at radius 2 is 2.13 bits per heavy atom. The normalized spacial score (nSPS) is 10.5. The van der Waals surface area contributed by atoms with Crippen LogP contribution in [0.1, 0.15) is 16.8 Å². The van der Waals surface area contributed by atoms with Gasteiger partial charge in [-0.15, -0.1) is 16.7 Å². The van der Waals surface area contributed by atoms with Crippen LogP contribution in [0.25, 0.3) is 0 Å². The van der Waals surface area contributed by atoms with Crippen molar-refractivity contribution in [3.05, 3.63) is 47.3 Å². The monoisotopic (exact) mass is 221 g/mol. The summed E-state index contributed by atoms with van der Waals surface area (Å²) in [7, 11) is 0. The molecule has 3 nitrogen and oxygen atoms in total. The van der Waals surface area contributed by atoms with Gasteiger partial charge in [0.05, 0.1) is 24.3 Å². The maximum absolute atomic E-state index is 5.78. The molecular formula is C11H12ClN3. The third-order valence-corrected chi connectivity index (χ3v) is 2.69. The molecule has 0 saturated carbocycles. The minimum Gasteiger partial charge on any atom is -0.244 e. The molecule has 0 N–H and O–H groups in total. The zero-order valence-electron chi connectivity index (χ0n) is 8.52. The van der Waals surface area contributed by atoms with E-state index in [1.165, 1.54) is 11.1 Å². The molecule has 78 valence electrons. The Labute approximate surface area is 93.7 Å². The second kappa shape index (κ2) is 4.45. The fraction of sp³-hybridized carbons (Fsp3) is 0.273. The van der Waals surface area contributed by atoms with Gasteiger partial charge in [-0.25, -0.2) is 4.68 Å². The first-order valence-corrected chi connectivity index (χ1v) is 5.32. The van der Waals surface area contributed by atoms with Crippen LogP contribution in [0.2, 0.25) is 0 Å². The third-order valence-electron chi connectivity index (χ3n) is 2.42. The van der Waals surface area contributed by atoms with Crippen LogP contribution in [0, 0.1) is 6.92 Å². The lowest BCUT2D eigenvalue weighted by atomic mass is 10.1. The Kier molecular flexibility index (Phi) is 3.02. The van der Waals surface area contributed by atoms with Crippen LogP contribution in [0.4, 0.5) is 0 Å². The van der Waals surface area contributed by atoms with Crippen LogP contribution in [0.5, 0.6) is 0 Å². The predicted octanol–water partition coefficient (Wildman–Crippen LogP) is 2.37. The highest BCUT2D eigenvalue weighted by Gasteiger charge is 2.04. The van der Waals surface area contributed by atoms with Crippen LogP contribution in [-0.2, 0) is 12.4 Å². The van der Waals surface area contributed by atoms with E-state index in [9.17, 15) is 0 Å². The first-order valence-electron chi connectivity index (χ1n) is 4.79. The molecule has 0 atom stereocenters. The molecular weight excluding hydrogens is 210 g/mol. The van der Waals surface area contributed by atoms with E-state index in [2.05, 4.69) is 29.4 Å². The lowest BCUT2D eigenvalue weighted by Gasteiger charge is -2.06. The lowest BCUT2D eigenvalue weighted by Crippen LogP contribution is -2.06. The third kappa shape index (κ3) is 2.18. The van der Waals surface area contributed by atoms with E-state index >= 15 is 0 Å². The van der Waals surface area contributed by atoms with E-state index in [0.29, 0.717) is 5.88 Å². The van der Waals surface area contributed by atoms with Crippen molar-refractivity contribution < 1.29 is 0 Å². The number of rotatable bonds is 3. The van der Waals surface area contributed by atoms with E-state index in [1.54, 1.807) is 6.20 Å². The van der Waals surface area contributed by atoms with Crippen LogP contribution in [0.3, 0.4) is 0 Å². The maximum atomic E-state index is 5.78. The molecule has 1 heterocycles. The minimum absolute atomic E-state index is 0.443. The van der Waals surface area contributed by atoms with Crippen molar-refractivity contribution >= 4 is 11.6 Å². The van der Waals surface area contributed by atoms with Crippen LogP contribution in [-0.4, -0.2) is 15.0 Å². The summed E-state index contributed by atoms with van der Waals surface area (Å²) in [6.45, 7) is 2.82. The smallest absolute Gasteiger partial charge is 0.0738 e. The highest BCUT2D eigenvalue weighted by molar-refractivity contribution is 6.16. The molecule has 1 aromatic heterocycles. The molecule has 0 fully saturated rings. The number of alkyl halides is 1. The highest BCUT2D eigenvalue weighted by atomic mass is 35.5. The number of aromatic nitrogens is 3. The van der Waals surface area contributed by atoms with Gasteiger partial charge in [0.2, 0.25) is 0 Å². The second-order valence-corrected chi connectivity index (χ2v) is 3.71. The molecule has 0 radical (unpaired) electrons. The number of benzene rings is 1. The van der Waals surface area contributed by atoms with Gasteiger partial charge in [0.25, 0.3) is 0 Å². The van der Waals surface area contributed by atoms with Crippen molar-refractivity contribution in [2.75, 3.05) is 0 Å². The number of halogens is 1. The van der Waals surface area contributed by atoms with Crippen molar-refractivity contribution in [3.63, 3.8) is 0 Å². The molecule has 15 heavy (non-hydrogen) atoms. The molecule has 4 heteroatoms. The second-order valence-electron chi connectivity index (χ2n) is 3.44. The van der Waals surface area contributed by atoms with Crippen molar-refractivity contribution in [1.82, 2.24) is 15.0 Å². The standard InChI is InChI=1S/C11H12ClN3/c1-9-4-2-3-5-10(9)8-15-11(6-12)7-13-14-15/h2-5,7H,6,8H2,1H3. The molecule has 0 unspecified atom stereocenters. The Balaban J connectivity index is 2.26. The molecule has 0 aliphatic carbocycles. The van der Waals surface area contributed by atoms with Gasteiger partial charge in [-0.1, -0.05) is 29.5 Å². The Bertz CT molecular complexity index is 451. The Hall–Kier alpha value is -1.35. The van der Waals surface area contributed by atoms with Crippen LogP contribution < -0.4 is 0 Å². The van der Waals surface area contributed by atoms with Gasteiger partial charge in [-0.05, 0) is 18.1 Å². The molecule has 2 aromatic rings. The van der Waals surface area contributed by atoms with Gasteiger partial charge in [-0.3, -0.25) is 0 Å². The first kappa shape index (κ1) is 10.2. The summed E-state index contributed by atoms with van der Waals surface area (Å²) in [4.78, 5) is 0. The molecule has 0 aliphatic rings. The topological polar surface area (TPSA) is 30.7 Å². The molecule has 0 amide bonds. The average Bonchev–Trinajstić information content (AvgIpc) is 2.69. The SMILES string of the molecule is Cc1ccccc1Cn1nncc1CCl. The van der Waals surface area contributed by atoms with E-state index < -0.39 is 0 Å². The van der Waals surface area contributed by atoms with Crippen LogP contribution in [0.15, 0.2) is 30.5 Å². The molecule has 0 spiro atoms. The summed E-state index contributed by atoms with van der Waals surface area (Å²) in [5, 5.41) is 7.85. The number of hydrogen-bond acceptors (Lipinski definition) is 2. The minimum atomic E-state index is 0.443. The van der Waals surface area contributed by atoms with E-state index in [4.69, 9.17) is 11.6 Å². The first-order chi connectivity index (χ1) is 7.31. The number of aryl methyl sites for hydroxylation is 1. The highest BCUT2D eigenvalue weighted by Crippen LogP contribution is 2.10. The Morgan fingerprint density at radius 1 is 1.33 bits per heavy atom. The quantitative estimate of drug-likeness (QED) is 0.746. The maximum Gasteiger partial charge on any atom is 0.0738 e. The summed E-state index contributed by atoms with van der Waals surface area (Å²) in [6.07, 6.45) is 1.70. The van der Waals surface area contributed by atoms with Crippen molar-refractivity contribution in [2.45, 2.75) is 19.3 Å². The largest absolute Gasteiger partial charge is 0.244 e. The van der Waals surface area contributed by atoms with Crippen molar-refractivity contribution in [3.8, 4) is 0 Å². The summed E-state index contributed by atoms with van der Waals surface area (Å²) in [6, 6.07) is 8.24. The van der Waals surface area contributed by atoms with E-state index in [1.807, 2.05) is 16.8 Å². The van der Waals surface area contributed by atoms with Gasteiger partial charge in [0.15, 0.2) is 0 Å². The number of hydrogen-bond donors (Lipinski definition) is 0. The van der Waals surface area contributed by atoms with Gasteiger partial charge in [0, 0.05) is 0 Å². The van der Waals surface area contributed by atoms with Crippen molar-refractivity contribution in [2.24, 2.45) is 0 Å².